The van der Waals surface area contributed by atoms with E-state index in [1.807, 2.05) is 127 Å². The van der Waals surface area contributed by atoms with Crippen LogP contribution >= 0.6 is 15.9 Å². The molecule has 35 nitrogen and oxygen atoms in total. The molecule has 0 aliphatic rings. The van der Waals surface area contributed by atoms with Gasteiger partial charge < -0.3 is 53.5 Å². The van der Waals surface area contributed by atoms with Crippen molar-refractivity contribution in [1.82, 2.24) is 131 Å². The number of amides is 1. The van der Waals surface area contributed by atoms with Crippen LogP contribution in [0.5, 0.6) is 0 Å². The van der Waals surface area contributed by atoms with Crippen molar-refractivity contribution in [3.05, 3.63) is 263 Å². The van der Waals surface area contributed by atoms with E-state index in [0.717, 1.165) is 78.6 Å². The van der Waals surface area contributed by atoms with Gasteiger partial charge in [0.2, 0.25) is 22.6 Å². The molecule has 0 saturated heterocycles. The van der Waals surface area contributed by atoms with Crippen molar-refractivity contribution in [3.8, 4) is 79.8 Å². The molecule has 0 unspecified atom stereocenters. The second-order valence-corrected chi connectivity index (χ2v) is 46.4. The molecular weight excluding hydrogens is 1860 g/mol. The molecule has 18 heterocycles. The van der Waals surface area contributed by atoms with E-state index in [1.54, 1.807) is 66.8 Å². The first kappa shape index (κ1) is 101. The summed E-state index contributed by atoms with van der Waals surface area (Å²) in [6.45, 7) is 62.1. The zero-order valence-corrected chi connectivity index (χ0v) is 81.3. The third kappa shape index (κ3) is 23.8. The van der Waals surface area contributed by atoms with E-state index >= 15 is 0 Å². The Balaban J connectivity index is 0.000000166. The SMILES string of the molecule is C.C.CC(C)N.CCC[CH2][Sn]([CH2]CCC)([CH2]CCC)[c]1cccc(C)n1.Cc1cccc(-c2ncn(C(C)C)c2-c2ccc3ncc(C(N)=O)n3n2)n1.[C-]#[N+]c1cnc2ccc(-c3c(-c4cccc(C)n4)ncn3C(C)C)nn12.[C-]#[N+]c1cnc2ccc(-c3c(Br)ncn3C(C)C)nn12.[C-]#[N+]c1cnc2ccc(-c3cncn3C(C)C)nn12.[C-]#[N+]c1cnc2ccc(-c3cnco3)nn12. The Morgan fingerprint density at radius 2 is 0.769 bits per heavy atom. The summed E-state index contributed by atoms with van der Waals surface area (Å²) in [5.41, 5.74) is 27.2. The topological polar surface area (TPSA) is 373 Å². The average Bonchev–Trinajstić information content (AvgIpc) is 1.63. The second kappa shape index (κ2) is 46.9. The molecule has 0 fully saturated rings. The number of halogens is 1. The molecule has 37 heteroatoms. The van der Waals surface area contributed by atoms with Crippen LogP contribution < -0.4 is 15.2 Å². The molecule has 0 spiro atoms. The second-order valence-electron chi connectivity index (χ2n) is 32.6. The molecule has 0 bridgehead atoms. The minimum Gasteiger partial charge on any atom is -0.442 e. The van der Waals surface area contributed by atoms with E-state index < -0.39 is 24.3 Å². The molecule has 18 aromatic rings. The molecule has 0 aromatic carbocycles. The van der Waals surface area contributed by atoms with Crippen LogP contribution in [0.3, 0.4) is 0 Å². The third-order valence-corrected chi connectivity index (χ3v) is 36.8. The van der Waals surface area contributed by atoms with Gasteiger partial charge in [0, 0.05) is 59.8 Å². The number of carbonyl (C=O) groups excluding carboxylic acids is 1. The normalized spacial score (nSPS) is 11.0. The largest absolute Gasteiger partial charge is 0.442 e. The van der Waals surface area contributed by atoms with Gasteiger partial charge in [-0.15, -0.1) is 18.1 Å². The molecule has 690 valence electrons. The number of imidazole rings is 9. The summed E-state index contributed by atoms with van der Waals surface area (Å²) >= 11 is 1.21. The number of nitrogens with two attached hydrogens (primary N) is 2. The van der Waals surface area contributed by atoms with Gasteiger partial charge >= 0.3 is 130 Å². The molecular formula is C97H114BrN33O2Sn. The average molecular weight is 1970 g/mol. The maximum absolute atomic E-state index is 11.7. The summed E-state index contributed by atoms with van der Waals surface area (Å²) < 4.78 is 27.8. The van der Waals surface area contributed by atoms with Gasteiger partial charge in [0.15, 0.2) is 17.8 Å². The van der Waals surface area contributed by atoms with Crippen molar-refractivity contribution in [1.29, 1.82) is 0 Å². The van der Waals surface area contributed by atoms with Crippen LogP contribution in [0, 0.1) is 47.1 Å². The first-order valence-electron chi connectivity index (χ1n) is 43.5. The van der Waals surface area contributed by atoms with Crippen molar-refractivity contribution < 1.29 is 9.21 Å². The molecule has 18 rings (SSSR count). The fourth-order valence-electron chi connectivity index (χ4n) is 14.5. The van der Waals surface area contributed by atoms with Gasteiger partial charge in [-0.2, -0.15) is 5.10 Å². The molecule has 134 heavy (non-hydrogen) atoms. The molecule has 0 atom stereocenters. The molecule has 0 aliphatic carbocycles. The number of fused-ring (bicyclic) bond motifs is 5. The summed E-state index contributed by atoms with van der Waals surface area (Å²) in [5, 5.41) is 22.5. The Hall–Kier alpha value is -14.7. The number of unbranched alkanes of at least 4 members (excludes halogenated alkanes) is 3. The van der Waals surface area contributed by atoms with Gasteiger partial charge in [0.05, 0.1) is 91.5 Å². The predicted molar refractivity (Wildman–Crippen MR) is 530 cm³/mol. The van der Waals surface area contributed by atoms with Crippen LogP contribution in [-0.4, -0.2) is 161 Å². The summed E-state index contributed by atoms with van der Waals surface area (Å²) in [7, 11) is 0. The number of aromatic nitrogens is 27. The van der Waals surface area contributed by atoms with Crippen LogP contribution in [0.15, 0.2) is 199 Å². The van der Waals surface area contributed by atoms with E-state index in [1.165, 1.54) is 104 Å². The molecule has 4 N–H and O–H groups in total. The molecule has 1 amide bonds. The molecule has 0 radical (unpaired) electrons. The number of hydrogen-bond donors (Lipinski definition) is 2. The van der Waals surface area contributed by atoms with E-state index in [-0.39, 0.29) is 38.7 Å². The Bertz CT molecular complexity index is 7120. The van der Waals surface area contributed by atoms with Crippen LogP contribution in [0.1, 0.15) is 195 Å². The summed E-state index contributed by atoms with van der Waals surface area (Å²) in [6, 6.07) is 38.2. The van der Waals surface area contributed by atoms with E-state index in [0.29, 0.717) is 80.7 Å². The Morgan fingerprint density at radius 3 is 1.16 bits per heavy atom. The van der Waals surface area contributed by atoms with Crippen molar-refractivity contribution in [2.24, 2.45) is 11.5 Å². The van der Waals surface area contributed by atoms with Crippen molar-refractivity contribution in [2.75, 3.05) is 0 Å². The summed E-state index contributed by atoms with van der Waals surface area (Å²) in [6.07, 6.45) is 27.6. The van der Waals surface area contributed by atoms with Crippen LogP contribution in [0.4, 0.5) is 23.3 Å². The van der Waals surface area contributed by atoms with Gasteiger partial charge in [0.1, 0.15) is 61.5 Å². The number of oxazole rings is 1. The number of rotatable bonds is 22. The molecule has 18 aromatic heterocycles. The fraction of sp³-hybridized carbons (Fsp3) is 0.330. The maximum Gasteiger partial charge on any atom is 0.275 e. The number of nitrogens with zero attached hydrogens (tertiary/aromatic N) is 31. The van der Waals surface area contributed by atoms with Gasteiger partial charge in [-0.05, 0) is 152 Å². The standard InChI is InChI=1S/C19H19N7O.C19H17N7.C13H11BrN6.C13H12N6.C10H5N5O.C6H6N.3C4H9.C3H9N.2CH4.Sn/c1-11(2)25-10-22-17(13-6-4-5-12(3)23-13)18(25)14-7-8-16-21-9-15(19(20)27)26(16)24-14;1-12(2)25-11-22-18(14-7-5-6-13(3)23-14)19(25)15-8-9-16-21-10-17(20-4)26(16)24-15;1-8(2)19-7-17-13(14)12(19)9-4-5-10-16-6-11(15-3)20(10)18-9;1-9(2)18-8-15-6-11(18)10-4-5-12-16-7-13(14-3)19(12)17-10;1-11-10-5-13-9-3-2-7(14-15(9)10)8-4-12-6-16-8;1-6-4-2-3-5-7-6;3*1-3-4-2;1-3(2)4;;;/h4-11H,1-3H3,(H2,20,27);5-12H,1-3H3;4-8H,1-2H3;4-9H,1-2H3;2-6H;2-4H,1H3;3*1,3-4H2,2H3;3H,4H2,1-2H3;2*1H4;. The Labute approximate surface area is 792 Å². The number of primary amides is 1. The minimum atomic E-state index is -2.25. The fourth-order valence-corrected chi connectivity index (χ4v) is 30.7. The zero-order valence-electron chi connectivity index (χ0n) is 76.9. The smallest absolute Gasteiger partial charge is 0.275 e. The van der Waals surface area contributed by atoms with Crippen molar-refractivity contribution in [3.63, 3.8) is 0 Å². The van der Waals surface area contributed by atoms with Crippen molar-refractivity contribution in [2.45, 2.75) is 208 Å². The van der Waals surface area contributed by atoms with Crippen LogP contribution in [0.2, 0.25) is 13.3 Å². The van der Waals surface area contributed by atoms with E-state index in [2.05, 4.69) is 226 Å². The number of aryl methyl sites for hydroxylation is 3. The first-order valence-corrected chi connectivity index (χ1v) is 51.8. The Morgan fingerprint density at radius 1 is 0.410 bits per heavy atom. The minimum absolute atomic E-state index is 0. The van der Waals surface area contributed by atoms with Crippen molar-refractivity contribution >= 4 is 95.4 Å². The molecule has 0 aliphatic heterocycles. The van der Waals surface area contributed by atoms with E-state index in [9.17, 15) is 4.79 Å². The number of hydrogen-bond acceptors (Lipinski definition) is 21. The molecule has 0 saturated carbocycles. The Kier molecular flexibility index (Phi) is 35.5. The zero-order chi connectivity index (χ0) is 94.5. The van der Waals surface area contributed by atoms with Gasteiger partial charge in [-0.25, -0.2) is 54.4 Å². The van der Waals surface area contributed by atoms with E-state index in [4.69, 9.17) is 47.2 Å². The first-order chi connectivity index (χ1) is 63.6. The monoisotopic (exact) mass is 1970 g/mol. The van der Waals surface area contributed by atoms with Gasteiger partial charge in [0.25, 0.3) is 29.2 Å². The van der Waals surface area contributed by atoms with Crippen LogP contribution in [0.25, 0.3) is 127 Å². The third-order valence-electron chi connectivity index (χ3n) is 21.1. The quantitative estimate of drug-likeness (QED) is 0.0470. The number of carbonyl (C=O) groups is 1. The summed E-state index contributed by atoms with van der Waals surface area (Å²) in [4.78, 5) is 81.7. The van der Waals surface area contributed by atoms with Gasteiger partial charge in [-0.1, -0.05) is 87.5 Å². The number of pyridine rings is 3. The maximum atomic E-state index is 11.7. The predicted octanol–water partition coefficient (Wildman–Crippen LogP) is 22.0. The van der Waals surface area contributed by atoms with Gasteiger partial charge in [-0.3, -0.25) is 14.8 Å². The van der Waals surface area contributed by atoms with Crippen LogP contribution in [-0.2, 0) is 0 Å². The summed E-state index contributed by atoms with van der Waals surface area (Å²) in [5.74, 6) is 1.54.